The number of aliphatic hydroxyl groups is 1. The average Bonchev–Trinajstić information content (AvgIpc) is 2.32. The maximum atomic E-state index is 10.0. The number of nitrogens with zero attached hydrogens (tertiary/aromatic N) is 3. The van der Waals surface area contributed by atoms with Gasteiger partial charge in [-0.1, -0.05) is 24.4 Å². The highest BCUT2D eigenvalue weighted by molar-refractivity contribution is 6.32. The van der Waals surface area contributed by atoms with Crippen molar-refractivity contribution in [2.24, 2.45) is 0 Å². The zero-order valence-corrected chi connectivity index (χ0v) is 10.6. The van der Waals surface area contributed by atoms with Gasteiger partial charge in [0.25, 0.3) is 0 Å². The molecule has 1 fully saturated rings. The lowest BCUT2D eigenvalue weighted by atomic mass is 9.91. The lowest BCUT2D eigenvalue weighted by Gasteiger charge is -2.36. The Balaban J connectivity index is 2.23. The van der Waals surface area contributed by atoms with Crippen LogP contribution in [0.4, 0.5) is 11.5 Å². The highest BCUT2D eigenvalue weighted by atomic mass is 35.5. The maximum Gasteiger partial charge on any atom is 0.157 e. The lowest BCUT2D eigenvalue weighted by molar-refractivity contribution is 0.106. The Morgan fingerprint density at radius 3 is 2.82 bits per heavy atom. The molecule has 1 heterocycles. The minimum Gasteiger partial charge on any atom is -0.393 e. The molecule has 0 spiro atoms. The fourth-order valence-electron chi connectivity index (χ4n) is 2.35. The zero-order chi connectivity index (χ0) is 12.4. The molecule has 6 heteroatoms. The van der Waals surface area contributed by atoms with Gasteiger partial charge in [-0.05, 0) is 12.8 Å². The van der Waals surface area contributed by atoms with Crippen LogP contribution < -0.4 is 10.6 Å². The van der Waals surface area contributed by atoms with Crippen LogP contribution in [0.25, 0.3) is 0 Å². The van der Waals surface area contributed by atoms with E-state index in [-0.39, 0.29) is 17.3 Å². The van der Waals surface area contributed by atoms with Gasteiger partial charge < -0.3 is 15.7 Å². The van der Waals surface area contributed by atoms with Gasteiger partial charge in [-0.25, -0.2) is 9.97 Å². The number of aliphatic hydroxyl groups excluding tert-OH is 1. The van der Waals surface area contributed by atoms with Crippen LogP contribution in [0, 0.1) is 0 Å². The molecule has 0 amide bonds. The molecule has 1 aliphatic carbocycles. The normalized spacial score (nSPS) is 24.6. The molecule has 0 aliphatic heterocycles. The molecule has 2 unspecified atom stereocenters. The standard InChI is InChI=1S/C11H17ClN4O/c1-16(7-4-2-3-5-8(7)17)11-9(13)10(12)14-6-15-11/h6-8,17H,2-5,13H2,1H3. The largest absolute Gasteiger partial charge is 0.393 e. The molecule has 94 valence electrons. The van der Waals surface area contributed by atoms with E-state index in [1.165, 1.54) is 6.33 Å². The van der Waals surface area contributed by atoms with E-state index in [1.807, 2.05) is 11.9 Å². The Kier molecular flexibility index (Phi) is 3.69. The topological polar surface area (TPSA) is 75.3 Å². The van der Waals surface area contributed by atoms with Gasteiger partial charge >= 0.3 is 0 Å². The van der Waals surface area contributed by atoms with Crippen molar-refractivity contribution in [2.75, 3.05) is 17.7 Å². The minimum atomic E-state index is -0.332. The Labute approximate surface area is 106 Å². The van der Waals surface area contributed by atoms with Crippen LogP contribution in [0.3, 0.4) is 0 Å². The molecule has 0 radical (unpaired) electrons. The van der Waals surface area contributed by atoms with Crippen molar-refractivity contribution in [3.05, 3.63) is 11.5 Å². The third-order valence-electron chi connectivity index (χ3n) is 3.34. The van der Waals surface area contributed by atoms with E-state index in [9.17, 15) is 5.11 Å². The predicted octanol–water partition coefficient (Wildman–Crippen LogP) is 1.45. The number of nitrogen functional groups attached to an aromatic ring is 1. The molecule has 5 nitrogen and oxygen atoms in total. The summed E-state index contributed by atoms with van der Waals surface area (Å²) in [5.74, 6) is 0.593. The number of halogens is 1. The summed E-state index contributed by atoms with van der Waals surface area (Å²) in [6, 6.07) is 0.0528. The van der Waals surface area contributed by atoms with Gasteiger partial charge in [0.1, 0.15) is 12.0 Å². The molecule has 3 N–H and O–H groups in total. The van der Waals surface area contributed by atoms with Gasteiger partial charge in [0, 0.05) is 7.05 Å². The highest BCUT2D eigenvalue weighted by Crippen LogP contribution is 2.30. The molecule has 1 aromatic rings. The van der Waals surface area contributed by atoms with E-state index in [1.54, 1.807) is 0 Å². The minimum absolute atomic E-state index is 0.0528. The SMILES string of the molecule is CN(c1ncnc(Cl)c1N)C1CCCCC1O. The van der Waals surface area contributed by atoms with Gasteiger partial charge in [-0.15, -0.1) is 0 Å². The molecule has 1 aromatic heterocycles. The molecular weight excluding hydrogens is 240 g/mol. The molecule has 2 atom stereocenters. The molecule has 17 heavy (non-hydrogen) atoms. The second kappa shape index (κ2) is 5.06. The monoisotopic (exact) mass is 256 g/mol. The van der Waals surface area contributed by atoms with Gasteiger partial charge in [0.15, 0.2) is 11.0 Å². The van der Waals surface area contributed by atoms with E-state index in [0.717, 1.165) is 25.7 Å². The first-order valence-corrected chi connectivity index (χ1v) is 6.16. The first kappa shape index (κ1) is 12.4. The molecule has 1 aliphatic rings. The summed E-state index contributed by atoms with van der Waals surface area (Å²) in [6.45, 7) is 0. The van der Waals surface area contributed by atoms with Crippen LogP contribution >= 0.6 is 11.6 Å². The zero-order valence-electron chi connectivity index (χ0n) is 9.80. The van der Waals surface area contributed by atoms with E-state index < -0.39 is 0 Å². The third-order valence-corrected chi connectivity index (χ3v) is 3.64. The Bertz CT molecular complexity index is 401. The first-order chi connectivity index (χ1) is 8.11. The summed E-state index contributed by atoms with van der Waals surface area (Å²) in [5, 5.41) is 10.3. The van der Waals surface area contributed by atoms with E-state index in [2.05, 4.69) is 9.97 Å². The molecule has 2 rings (SSSR count). The van der Waals surface area contributed by atoms with Gasteiger partial charge in [-0.3, -0.25) is 0 Å². The second-order valence-electron chi connectivity index (χ2n) is 4.43. The van der Waals surface area contributed by atoms with Crippen molar-refractivity contribution in [3.63, 3.8) is 0 Å². The Morgan fingerprint density at radius 1 is 1.41 bits per heavy atom. The summed E-state index contributed by atoms with van der Waals surface area (Å²) in [7, 11) is 1.88. The first-order valence-electron chi connectivity index (χ1n) is 5.78. The van der Waals surface area contributed by atoms with Crippen molar-refractivity contribution in [1.29, 1.82) is 0 Å². The fraction of sp³-hybridized carbons (Fsp3) is 0.636. The number of hydrogen-bond donors (Lipinski definition) is 2. The smallest absolute Gasteiger partial charge is 0.157 e. The van der Waals surface area contributed by atoms with Gasteiger partial charge in [0.2, 0.25) is 0 Å². The highest BCUT2D eigenvalue weighted by Gasteiger charge is 2.28. The Hall–Kier alpha value is -1.07. The quantitative estimate of drug-likeness (QED) is 0.784. The van der Waals surface area contributed by atoms with Crippen LogP contribution in [0.1, 0.15) is 25.7 Å². The van der Waals surface area contributed by atoms with Crippen LogP contribution in [0.5, 0.6) is 0 Å². The Morgan fingerprint density at radius 2 is 2.12 bits per heavy atom. The van der Waals surface area contributed by atoms with Crippen molar-refractivity contribution < 1.29 is 5.11 Å². The molecule has 0 bridgehead atoms. The number of likely N-dealkylation sites (N-methyl/N-ethyl adjacent to an activating group) is 1. The molecule has 0 aromatic carbocycles. The van der Waals surface area contributed by atoms with Crippen LogP contribution in [-0.4, -0.2) is 34.3 Å². The summed E-state index contributed by atoms with van der Waals surface area (Å²) in [4.78, 5) is 9.88. The van der Waals surface area contributed by atoms with Crippen molar-refractivity contribution in [2.45, 2.75) is 37.8 Å². The number of nitrogens with two attached hydrogens (primary N) is 1. The van der Waals surface area contributed by atoms with E-state index >= 15 is 0 Å². The molecule has 1 saturated carbocycles. The van der Waals surface area contributed by atoms with Crippen molar-refractivity contribution >= 4 is 23.1 Å². The molecular formula is C11H17ClN4O. The maximum absolute atomic E-state index is 10.0. The van der Waals surface area contributed by atoms with Crippen molar-refractivity contribution in [1.82, 2.24) is 9.97 Å². The summed E-state index contributed by atoms with van der Waals surface area (Å²) in [5.41, 5.74) is 6.23. The van der Waals surface area contributed by atoms with Gasteiger partial charge in [-0.2, -0.15) is 0 Å². The summed E-state index contributed by atoms with van der Waals surface area (Å²) in [6.07, 6.45) is 5.02. The summed E-state index contributed by atoms with van der Waals surface area (Å²) >= 11 is 5.87. The number of rotatable bonds is 2. The fourth-order valence-corrected chi connectivity index (χ4v) is 2.48. The van der Waals surface area contributed by atoms with Crippen molar-refractivity contribution in [3.8, 4) is 0 Å². The van der Waals surface area contributed by atoms with Crippen LogP contribution in [0.15, 0.2) is 6.33 Å². The number of anilines is 2. The van der Waals surface area contributed by atoms with E-state index in [0.29, 0.717) is 11.5 Å². The van der Waals surface area contributed by atoms with Gasteiger partial charge in [0.05, 0.1) is 12.1 Å². The van der Waals surface area contributed by atoms with Crippen LogP contribution in [0.2, 0.25) is 5.15 Å². The predicted molar refractivity (Wildman–Crippen MR) is 68.1 cm³/mol. The summed E-state index contributed by atoms with van der Waals surface area (Å²) < 4.78 is 0. The number of aromatic nitrogens is 2. The third kappa shape index (κ3) is 2.45. The number of hydrogen-bond acceptors (Lipinski definition) is 5. The second-order valence-corrected chi connectivity index (χ2v) is 4.79. The average molecular weight is 257 g/mol. The van der Waals surface area contributed by atoms with Crippen LogP contribution in [-0.2, 0) is 0 Å². The lowest BCUT2D eigenvalue weighted by Crippen LogP contribution is -2.44. The van der Waals surface area contributed by atoms with E-state index in [4.69, 9.17) is 17.3 Å². The molecule has 0 saturated heterocycles.